The predicted octanol–water partition coefficient (Wildman–Crippen LogP) is 1.60. The lowest BCUT2D eigenvalue weighted by molar-refractivity contribution is 0.0477. The molecule has 1 rings (SSSR count). The minimum absolute atomic E-state index is 0.0143. The van der Waals surface area contributed by atoms with E-state index >= 15 is 0 Å². The number of ether oxygens (including phenoxy) is 5. The van der Waals surface area contributed by atoms with Crippen LogP contribution in [0.5, 0.6) is 28.7 Å². The molecule has 7 heteroatoms. The lowest BCUT2D eigenvalue weighted by atomic mass is 10.1. The van der Waals surface area contributed by atoms with Crippen LogP contribution in [0.3, 0.4) is 0 Å². The van der Waals surface area contributed by atoms with Crippen molar-refractivity contribution < 1.29 is 33.6 Å². The smallest absolute Gasteiger partial charge is 0.211 e. The standard InChI is InChI=1S/C13H18O7/c1-7(14)8-10(20-6-16-2)9(15)12(18-4)13(19-5)11(8)17-3/h15H,6H2,1-5H3. The molecule has 0 aliphatic heterocycles. The number of rotatable bonds is 7. The van der Waals surface area contributed by atoms with Gasteiger partial charge in [-0.3, -0.25) is 4.79 Å². The highest BCUT2D eigenvalue weighted by molar-refractivity contribution is 6.02. The highest BCUT2D eigenvalue weighted by atomic mass is 16.7. The zero-order valence-corrected chi connectivity index (χ0v) is 12.1. The normalized spacial score (nSPS) is 10.1. The van der Waals surface area contributed by atoms with Gasteiger partial charge in [-0.25, -0.2) is 0 Å². The maximum Gasteiger partial charge on any atom is 0.211 e. The van der Waals surface area contributed by atoms with Gasteiger partial charge in [0.15, 0.2) is 24.1 Å². The van der Waals surface area contributed by atoms with Gasteiger partial charge in [-0.1, -0.05) is 0 Å². The van der Waals surface area contributed by atoms with E-state index in [1.165, 1.54) is 35.4 Å². The zero-order chi connectivity index (χ0) is 15.3. The van der Waals surface area contributed by atoms with E-state index in [0.717, 1.165) is 0 Å². The number of carbonyl (C=O) groups is 1. The Morgan fingerprint density at radius 2 is 1.50 bits per heavy atom. The first-order valence-electron chi connectivity index (χ1n) is 5.70. The zero-order valence-electron chi connectivity index (χ0n) is 12.1. The van der Waals surface area contributed by atoms with E-state index in [1.807, 2.05) is 0 Å². The molecule has 0 unspecified atom stereocenters. The molecule has 0 fully saturated rings. The number of benzene rings is 1. The van der Waals surface area contributed by atoms with Crippen molar-refractivity contribution in [2.45, 2.75) is 6.92 Å². The number of ketones is 1. The molecular weight excluding hydrogens is 268 g/mol. The minimum atomic E-state index is -0.357. The summed E-state index contributed by atoms with van der Waals surface area (Å²) in [5.74, 6) is -0.533. The third-order valence-electron chi connectivity index (χ3n) is 2.58. The second-order valence-corrected chi connectivity index (χ2v) is 3.76. The summed E-state index contributed by atoms with van der Waals surface area (Å²) in [5.41, 5.74) is 0.0553. The van der Waals surface area contributed by atoms with E-state index in [-0.39, 0.29) is 46.9 Å². The number of methoxy groups -OCH3 is 4. The number of hydrogen-bond acceptors (Lipinski definition) is 7. The molecule has 0 spiro atoms. The SMILES string of the molecule is COCOc1c(O)c(OC)c(OC)c(OC)c1C(C)=O. The number of Topliss-reactive ketones (excluding diaryl/α,β-unsaturated/α-hetero) is 1. The lowest BCUT2D eigenvalue weighted by Gasteiger charge is -2.19. The van der Waals surface area contributed by atoms with Crippen LogP contribution in [0.4, 0.5) is 0 Å². The molecule has 0 atom stereocenters. The molecule has 112 valence electrons. The average molecular weight is 286 g/mol. The van der Waals surface area contributed by atoms with Gasteiger partial charge >= 0.3 is 0 Å². The molecule has 0 amide bonds. The average Bonchev–Trinajstić information content (AvgIpc) is 2.44. The molecule has 20 heavy (non-hydrogen) atoms. The topological polar surface area (TPSA) is 83.5 Å². The Hall–Kier alpha value is -2.15. The molecule has 1 aromatic rings. The fourth-order valence-corrected chi connectivity index (χ4v) is 1.80. The van der Waals surface area contributed by atoms with Crippen LogP contribution in [0, 0.1) is 0 Å². The van der Waals surface area contributed by atoms with E-state index in [4.69, 9.17) is 23.7 Å². The highest BCUT2D eigenvalue weighted by Crippen LogP contribution is 2.52. The predicted molar refractivity (Wildman–Crippen MR) is 70.3 cm³/mol. The Labute approximate surface area is 117 Å². The van der Waals surface area contributed by atoms with E-state index in [0.29, 0.717) is 0 Å². The van der Waals surface area contributed by atoms with Crippen LogP contribution >= 0.6 is 0 Å². The van der Waals surface area contributed by atoms with Crippen molar-refractivity contribution >= 4 is 5.78 Å². The summed E-state index contributed by atoms with van der Waals surface area (Å²) >= 11 is 0. The van der Waals surface area contributed by atoms with Gasteiger partial charge in [-0.15, -0.1) is 0 Å². The molecule has 1 N–H and O–H groups in total. The molecule has 0 saturated carbocycles. The van der Waals surface area contributed by atoms with Crippen LogP contribution in [0.1, 0.15) is 17.3 Å². The van der Waals surface area contributed by atoms with Crippen LogP contribution in [0.25, 0.3) is 0 Å². The van der Waals surface area contributed by atoms with Crippen LogP contribution < -0.4 is 18.9 Å². The van der Waals surface area contributed by atoms with Gasteiger partial charge < -0.3 is 28.8 Å². The quantitative estimate of drug-likeness (QED) is 0.602. The summed E-state index contributed by atoms with van der Waals surface area (Å²) in [4.78, 5) is 11.8. The number of phenols is 1. The molecule has 0 aromatic heterocycles. The van der Waals surface area contributed by atoms with Gasteiger partial charge in [0.05, 0.1) is 21.3 Å². The molecule has 0 saturated heterocycles. The summed E-state index contributed by atoms with van der Waals surface area (Å²) in [6, 6.07) is 0. The third-order valence-corrected chi connectivity index (χ3v) is 2.58. The van der Waals surface area contributed by atoms with E-state index in [1.54, 1.807) is 0 Å². The maximum atomic E-state index is 11.8. The van der Waals surface area contributed by atoms with Gasteiger partial charge in [0.2, 0.25) is 17.2 Å². The van der Waals surface area contributed by atoms with Crippen molar-refractivity contribution in [2.24, 2.45) is 0 Å². The second kappa shape index (κ2) is 6.85. The molecule has 0 radical (unpaired) electrons. The number of phenolic OH excluding ortho intramolecular Hbond substituents is 1. The fraction of sp³-hybridized carbons (Fsp3) is 0.462. The Morgan fingerprint density at radius 3 is 1.90 bits per heavy atom. The minimum Gasteiger partial charge on any atom is -0.502 e. The van der Waals surface area contributed by atoms with Crippen LogP contribution in [0.15, 0.2) is 0 Å². The molecule has 0 aliphatic rings. The Kier molecular flexibility index (Phi) is 5.45. The first-order valence-corrected chi connectivity index (χ1v) is 5.70. The number of aromatic hydroxyl groups is 1. The fourth-order valence-electron chi connectivity index (χ4n) is 1.80. The van der Waals surface area contributed by atoms with Gasteiger partial charge in [0.1, 0.15) is 5.56 Å². The summed E-state index contributed by atoms with van der Waals surface area (Å²) in [6.07, 6.45) is 0. The van der Waals surface area contributed by atoms with Crippen molar-refractivity contribution in [1.82, 2.24) is 0 Å². The van der Waals surface area contributed by atoms with Crippen LogP contribution in [-0.4, -0.2) is 46.1 Å². The summed E-state index contributed by atoms with van der Waals surface area (Å²) in [5, 5.41) is 10.2. The van der Waals surface area contributed by atoms with E-state index in [9.17, 15) is 9.90 Å². The van der Waals surface area contributed by atoms with Crippen molar-refractivity contribution in [3.8, 4) is 28.7 Å². The van der Waals surface area contributed by atoms with Gasteiger partial charge in [0, 0.05) is 7.11 Å². The molecular formula is C13H18O7. The van der Waals surface area contributed by atoms with E-state index < -0.39 is 0 Å². The first kappa shape index (κ1) is 15.9. The Bertz CT molecular complexity index is 496. The summed E-state index contributed by atoms with van der Waals surface area (Å²) in [7, 11) is 5.52. The molecule has 0 bridgehead atoms. The summed E-state index contributed by atoms with van der Waals surface area (Å²) < 4.78 is 25.4. The second-order valence-electron chi connectivity index (χ2n) is 3.76. The van der Waals surface area contributed by atoms with Gasteiger partial charge in [-0.05, 0) is 6.92 Å². The first-order chi connectivity index (χ1) is 9.53. The van der Waals surface area contributed by atoms with Crippen LogP contribution in [0.2, 0.25) is 0 Å². The van der Waals surface area contributed by atoms with E-state index in [2.05, 4.69) is 0 Å². The maximum absolute atomic E-state index is 11.8. The van der Waals surface area contributed by atoms with Crippen molar-refractivity contribution in [3.63, 3.8) is 0 Å². The van der Waals surface area contributed by atoms with Crippen molar-refractivity contribution in [1.29, 1.82) is 0 Å². The van der Waals surface area contributed by atoms with Crippen LogP contribution in [-0.2, 0) is 4.74 Å². The van der Waals surface area contributed by atoms with Crippen molar-refractivity contribution in [2.75, 3.05) is 35.2 Å². The Balaban J connectivity index is 3.66. The number of carbonyl (C=O) groups excluding carboxylic acids is 1. The largest absolute Gasteiger partial charge is 0.502 e. The van der Waals surface area contributed by atoms with Crippen molar-refractivity contribution in [3.05, 3.63) is 5.56 Å². The molecule has 1 aromatic carbocycles. The number of hydrogen-bond donors (Lipinski definition) is 1. The Morgan fingerprint density at radius 1 is 0.950 bits per heavy atom. The highest BCUT2D eigenvalue weighted by Gasteiger charge is 2.29. The monoisotopic (exact) mass is 286 g/mol. The molecule has 0 aliphatic carbocycles. The van der Waals surface area contributed by atoms with Gasteiger partial charge in [-0.2, -0.15) is 0 Å². The molecule has 0 heterocycles. The van der Waals surface area contributed by atoms with Gasteiger partial charge in [0.25, 0.3) is 0 Å². The molecule has 7 nitrogen and oxygen atoms in total. The third kappa shape index (κ3) is 2.72. The summed E-state index contributed by atoms with van der Waals surface area (Å²) in [6.45, 7) is 1.18. The lowest BCUT2D eigenvalue weighted by Crippen LogP contribution is -2.08.